The summed E-state index contributed by atoms with van der Waals surface area (Å²) in [6, 6.07) is 0.195. The highest BCUT2D eigenvalue weighted by atomic mass is 16.3. The molecule has 0 saturated heterocycles. The van der Waals surface area contributed by atoms with Crippen LogP contribution in [0.1, 0.15) is 37.1 Å². The summed E-state index contributed by atoms with van der Waals surface area (Å²) >= 11 is 0. The molecule has 1 heterocycles. The maximum atomic E-state index is 8.99. The number of nitrogens with one attached hydrogen (secondary N) is 1. The van der Waals surface area contributed by atoms with Gasteiger partial charge in [-0.3, -0.25) is 5.41 Å². The molecule has 0 bridgehead atoms. The second kappa shape index (κ2) is 6.47. The predicted octanol–water partition coefficient (Wildman–Crippen LogP) is 0.975. The average Bonchev–Trinajstić information content (AvgIpc) is 2.33. The molecule has 1 aromatic heterocycles. The van der Waals surface area contributed by atoms with Gasteiger partial charge in [0.25, 0.3) is 0 Å². The Hall–Kier alpha value is -1.69. The largest absolute Gasteiger partial charge is 0.396 e. The van der Waals surface area contributed by atoms with E-state index in [1.165, 1.54) is 0 Å². The zero-order valence-electron chi connectivity index (χ0n) is 12.1. The van der Waals surface area contributed by atoms with Crippen molar-refractivity contribution >= 4 is 11.7 Å². The molecule has 1 aromatic rings. The average molecular weight is 265 g/mol. The van der Waals surface area contributed by atoms with Gasteiger partial charge in [-0.25, -0.2) is 0 Å². The smallest absolute Gasteiger partial charge is 0.162 e. The molecule has 0 aliphatic heterocycles. The molecule has 0 unspecified atom stereocenters. The zero-order chi connectivity index (χ0) is 14.6. The van der Waals surface area contributed by atoms with Gasteiger partial charge in [0.2, 0.25) is 0 Å². The van der Waals surface area contributed by atoms with Crippen molar-refractivity contribution in [3.05, 3.63) is 16.8 Å². The second-order valence-electron chi connectivity index (χ2n) is 4.89. The van der Waals surface area contributed by atoms with E-state index in [4.69, 9.17) is 16.2 Å². The molecular formula is C13H23N5O. The molecule has 0 radical (unpaired) electrons. The Kier molecular flexibility index (Phi) is 5.23. The van der Waals surface area contributed by atoms with Crippen molar-refractivity contribution in [1.82, 2.24) is 10.2 Å². The van der Waals surface area contributed by atoms with Crippen molar-refractivity contribution in [2.45, 2.75) is 40.2 Å². The molecular weight excluding hydrogens is 242 g/mol. The normalized spacial score (nSPS) is 10.8. The van der Waals surface area contributed by atoms with Crippen LogP contribution in [0.4, 0.5) is 5.82 Å². The van der Waals surface area contributed by atoms with Gasteiger partial charge in [0.1, 0.15) is 5.84 Å². The Morgan fingerprint density at radius 1 is 1.37 bits per heavy atom. The minimum absolute atomic E-state index is 0.000137. The van der Waals surface area contributed by atoms with Crippen molar-refractivity contribution in [3.8, 4) is 0 Å². The zero-order valence-corrected chi connectivity index (χ0v) is 12.1. The number of nitrogen functional groups attached to an aromatic ring is 1. The SMILES string of the molecule is Cc1nnc(N(CCCO)C(C)C)c(C(=N)N)c1C. The third-order valence-electron chi connectivity index (χ3n) is 3.16. The van der Waals surface area contributed by atoms with Gasteiger partial charge in [-0.15, -0.1) is 5.10 Å². The summed E-state index contributed by atoms with van der Waals surface area (Å²) < 4.78 is 0. The number of aromatic nitrogens is 2. The first kappa shape index (κ1) is 15.4. The monoisotopic (exact) mass is 265 g/mol. The molecule has 0 aliphatic rings. The maximum Gasteiger partial charge on any atom is 0.162 e. The number of nitrogens with zero attached hydrogens (tertiary/aromatic N) is 3. The third-order valence-corrected chi connectivity index (χ3v) is 3.16. The lowest BCUT2D eigenvalue weighted by atomic mass is 10.1. The number of amidine groups is 1. The number of hydrogen-bond acceptors (Lipinski definition) is 5. The Labute approximate surface area is 114 Å². The van der Waals surface area contributed by atoms with Gasteiger partial charge in [-0.1, -0.05) is 0 Å². The number of aryl methyl sites for hydroxylation is 1. The molecule has 0 saturated carbocycles. The predicted molar refractivity (Wildman–Crippen MR) is 76.7 cm³/mol. The molecule has 19 heavy (non-hydrogen) atoms. The van der Waals surface area contributed by atoms with Gasteiger partial charge in [-0.05, 0) is 39.7 Å². The Morgan fingerprint density at radius 2 is 2.00 bits per heavy atom. The highest BCUT2D eigenvalue weighted by molar-refractivity contribution is 6.01. The molecule has 0 aromatic carbocycles. The second-order valence-corrected chi connectivity index (χ2v) is 4.89. The van der Waals surface area contributed by atoms with Gasteiger partial charge in [0.05, 0.1) is 11.3 Å². The van der Waals surface area contributed by atoms with Gasteiger partial charge >= 0.3 is 0 Å². The van der Waals surface area contributed by atoms with Crippen molar-refractivity contribution < 1.29 is 5.11 Å². The number of aliphatic hydroxyl groups excluding tert-OH is 1. The van der Waals surface area contributed by atoms with Crippen LogP contribution in [-0.4, -0.2) is 40.3 Å². The minimum atomic E-state index is 0.000137. The van der Waals surface area contributed by atoms with E-state index in [1.807, 2.05) is 32.6 Å². The van der Waals surface area contributed by atoms with E-state index in [2.05, 4.69) is 10.2 Å². The summed E-state index contributed by atoms with van der Waals surface area (Å²) in [6.07, 6.45) is 0.643. The molecule has 6 heteroatoms. The van der Waals surface area contributed by atoms with Crippen LogP contribution in [0.5, 0.6) is 0 Å². The van der Waals surface area contributed by atoms with E-state index in [0.717, 1.165) is 11.3 Å². The van der Waals surface area contributed by atoms with Crippen molar-refractivity contribution in [3.63, 3.8) is 0 Å². The Bertz CT molecular complexity index is 459. The lowest BCUT2D eigenvalue weighted by Crippen LogP contribution is -2.35. The fourth-order valence-corrected chi connectivity index (χ4v) is 1.97. The summed E-state index contributed by atoms with van der Waals surface area (Å²) in [4.78, 5) is 2.02. The standard InChI is InChI=1S/C13H23N5O/c1-8(2)18(6-5-7-19)13-11(12(14)15)9(3)10(4)16-17-13/h8,19H,5-7H2,1-4H3,(H3,14,15). The Balaban J connectivity index is 3.30. The lowest BCUT2D eigenvalue weighted by molar-refractivity contribution is 0.288. The van der Waals surface area contributed by atoms with Gasteiger partial charge in [0, 0.05) is 19.2 Å². The summed E-state index contributed by atoms with van der Waals surface area (Å²) in [5, 5.41) is 25.1. The first-order valence-electron chi connectivity index (χ1n) is 6.45. The summed E-state index contributed by atoms with van der Waals surface area (Å²) in [7, 11) is 0. The van der Waals surface area contributed by atoms with Crippen LogP contribution in [0.2, 0.25) is 0 Å². The summed E-state index contributed by atoms with van der Waals surface area (Å²) in [5.41, 5.74) is 7.99. The van der Waals surface area contributed by atoms with Crippen LogP contribution in [-0.2, 0) is 0 Å². The van der Waals surface area contributed by atoms with Crippen molar-refractivity contribution in [2.24, 2.45) is 5.73 Å². The van der Waals surface area contributed by atoms with Crippen LogP contribution in [0.25, 0.3) is 0 Å². The van der Waals surface area contributed by atoms with E-state index in [-0.39, 0.29) is 18.5 Å². The van der Waals surface area contributed by atoms with E-state index >= 15 is 0 Å². The summed E-state index contributed by atoms with van der Waals surface area (Å²) in [5.74, 6) is 0.624. The lowest BCUT2D eigenvalue weighted by Gasteiger charge is -2.29. The van der Waals surface area contributed by atoms with Crippen molar-refractivity contribution in [2.75, 3.05) is 18.1 Å². The minimum Gasteiger partial charge on any atom is -0.396 e. The highest BCUT2D eigenvalue weighted by Crippen LogP contribution is 2.23. The van der Waals surface area contributed by atoms with Crippen LogP contribution in [0, 0.1) is 19.3 Å². The maximum absolute atomic E-state index is 8.99. The fourth-order valence-electron chi connectivity index (χ4n) is 1.97. The van der Waals surface area contributed by atoms with Gasteiger partial charge in [-0.2, -0.15) is 5.10 Å². The van der Waals surface area contributed by atoms with Crippen LogP contribution < -0.4 is 10.6 Å². The van der Waals surface area contributed by atoms with Gasteiger partial charge < -0.3 is 15.7 Å². The van der Waals surface area contributed by atoms with Crippen molar-refractivity contribution in [1.29, 1.82) is 5.41 Å². The quantitative estimate of drug-likeness (QED) is 0.526. The first-order valence-corrected chi connectivity index (χ1v) is 6.45. The molecule has 0 amide bonds. The molecule has 0 aliphatic carbocycles. The number of rotatable bonds is 6. The molecule has 4 N–H and O–H groups in total. The molecule has 0 spiro atoms. The van der Waals surface area contributed by atoms with E-state index in [0.29, 0.717) is 24.3 Å². The van der Waals surface area contributed by atoms with E-state index in [9.17, 15) is 0 Å². The number of nitrogens with two attached hydrogens (primary N) is 1. The van der Waals surface area contributed by atoms with Crippen LogP contribution in [0.3, 0.4) is 0 Å². The molecule has 6 nitrogen and oxygen atoms in total. The molecule has 106 valence electrons. The number of anilines is 1. The Morgan fingerprint density at radius 3 is 2.47 bits per heavy atom. The molecule has 1 rings (SSSR count). The van der Waals surface area contributed by atoms with E-state index < -0.39 is 0 Å². The van der Waals surface area contributed by atoms with Gasteiger partial charge in [0.15, 0.2) is 5.82 Å². The number of hydrogen-bond donors (Lipinski definition) is 3. The van der Waals surface area contributed by atoms with E-state index in [1.54, 1.807) is 0 Å². The molecule has 0 fully saturated rings. The first-order chi connectivity index (χ1) is 8.90. The van der Waals surface area contributed by atoms with Crippen LogP contribution in [0.15, 0.2) is 0 Å². The third kappa shape index (κ3) is 3.41. The topological polar surface area (TPSA) is 99.1 Å². The highest BCUT2D eigenvalue weighted by Gasteiger charge is 2.20. The van der Waals surface area contributed by atoms with Crippen LogP contribution >= 0.6 is 0 Å². The number of aliphatic hydroxyl groups is 1. The fraction of sp³-hybridized carbons (Fsp3) is 0.615. The molecule has 0 atom stereocenters. The summed E-state index contributed by atoms with van der Waals surface area (Å²) in [6.45, 7) is 8.61.